The molecule has 1 aromatic heterocycles. The first-order chi connectivity index (χ1) is 8.00. The Morgan fingerprint density at radius 3 is 2.65 bits per heavy atom. The molecule has 0 aliphatic carbocycles. The van der Waals surface area contributed by atoms with Gasteiger partial charge in [-0.3, -0.25) is 0 Å². The maximum Gasteiger partial charge on any atom is 0.115 e. The second kappa shape index (κ2) is 5.41. The van der Waals surface area contributed by atoms with Gasteiger partial charge >= 0.3 is 0 Å². The van der Waals surface area contributed by atoms with Crippen LogP contribution in [0.5, 0.6) is 0 Å². The number of hydrogen-bond donors (Lipinski definition) is 1. The first-order valence-corrected chi connectivity index (χ1v) is 7.66. The van der Waals surface area contributed by atoms with Crippen molar-refractivity contribution >= 4 is 54.8 Å². The van der Waals surface area contributed by atoms with Crippen LogP contribution in [0.25, 0.3) is 0 Å². The minimum absolute atomic E-state index is 0.626. The molecule has 0 saturated carbocycles. The summed E-state index contributed by atoms with van der Waals surface area (Å²) < 4.78 is 1.91. The SMILES string of the molecule is Cc1cccc(C(O)c2cc(Br)c(Br)s2)c1Cl. The Kier molecular flexibility index (Phi) is 4.31. The van der Waals surface area contributed by atoms with Crippen molar-refractivity contribution in [2.45, 2.75) is 13.0 Å². The maximum absolute atomic E-state index is 10.3. The fourth-order valence-electron chi connectivity index (χ4n) is 1.53. The van der Waals surface area contributed by atoms with Gasteiger partial charge in [0.1, 0.15) is 6.10 Å². The lowest BCUT2D eigenvalue weighted by Crippen LogP contribution is -1.98. The molecule has 0 aliphatic heterocycles. The summed E-state index contributed by atoms with van der Waals surface area (Å²) in [4.78, 5) is 0.858. The van der Waals surface area contributed by atoms with E-state index in [1.165, 1.54) is 11.3 Å². The van der Waals surface area contributed by atoms with E-state index in [2.05, 4.69) is 31.9 Å². The molecule has 0 amide bonds. The van der Waals surface area contributed by atoms with Crippen LogP contribution in [0.3, 0.4) is 0 Å². The van der Waals surface area contributed by atoms with Crippen molar-refractivity contribution < 1.29 is 5.11 Å². The molecule has 0 bridgehead atoms. The lowest BCUT2D eigenvalue weighted by atomic mass is 10.1. The van der Waals surface area contributed by atoms with Gasteiger partial charge in [-0.25, -0.2) is 0 Å². The highest BCUT2D eigenvalue weighted by atomic mass is 79.9. The molecule has 17 heavy (non-hydrogen) atoms. The van der Waals surface area contributed by atoms with Gasteiger partial charge in [0, 0.05) is 19.9 Å². The van der Waals surface area contributed by atoms with Crippen molar-refractivity contribution in [3.8, 4) is 0 Å². The Morgan fingerprint density at radius 1 is 1.35 bits per heavy atom. The molecule has 2 aromatic rings. The summed E-state index contributed by atoms with van der Waals surface area (Å²) in [7, 11) is 0. The quantitative estimate of drug-likeness (QED) is 0.729. The number of benzene rings is 1. The van der Waals surface area contributed by atoms with Gasteiger partial charge in [-0.15, -0.1) is 11.3 Å². The zero-order valence-corrected chi connectivity index (χ0v) is 13.6. The summed E-state index contributed by atoms with van der Waals surface area (Å²) in [6.07, 6.45) is -0.685. The number of aliphatic hydroxyl groups is 1. The van der Waals surface area contributed by atoms with Crippen molar-refractivity contribution in [2.24, 2.45) is 0 Å². The summed E-state index contributed by atoms with van der Waals surface area (Å²) in [5.74, 6) is 0. The van der Waals surface area contributed by atoms with E-state index >= 15 is 0 Å². The molecule has 1 atom stereocenters. The van der Waals surface area contributed by atoms with Gasteiger partial charge in [-0.2, -0.15) is 0 Å². The van der Waals surface area contributed by atoms with E-state index in [1.54, 1.807) is 0 Å². The molecule has 1 N–H and O–H groups in total. The summed E-state index contributed by atoms with van der Waals surface area (Å²) >= 11 is 14.5. The molecule has 90 valence electrons. The number of hydrogen-bond acceptors (Lipinski definition) is 2. The van der Waals surface area contributed by atoms with Gasteiger partial charge in [-0.05, 0) is 50.4 Å². The number of rotatable bonds is 2. The van der Waals surface area contributed by atoms with Gasteiger partial charge < -0.3 is 5.11 Å². The van der Waals surface area contributed by atoms with Crippen LogP contribution in [-0.4, -0.2) is 5.11 Å². The fourth-order valence-corrected chi connectivity index (χ4v) is 3.86. The van der Waals surface area contributed by atoms with Gasteiger partial charge in [-0.1, -0.05) is 29.8 Å². The first-order valence-electron chi connectivity index (χ1n) is 4.88. The van der Waals surface area contributed by atoms with E-state index < -0.39 is 6.10 Å². The maximum atomic E-state index is 10.3. The Hall–Kier alpha value is 0.130. The molecule has 1 aromatic carbocycles. The third kappa shape index (κ3) is 2.76. The first kappa shape index (κ1) is 13.6. The van der Waals surface area contributed by atoms with Crippen molar-refractivity contribution in [1.29, 1.82) is 0 Å². The van der Waals surface area contributed by atoms with Gasteiger partial charge in [0.05, 0.1) is 3.79 Å². The smallest absolute Gasteiger partial charge is 0.115 e. The number of aryl methyl sites for hydroxylation is 1. The van der Waals surface area contributed by atoms with Gasteiger partial charge in [0.2, 0.25) is 0 Å². The standard InChI is InChI=1S/C12H9Br2ClOS/c1-6-3-2-4-7(10(6)15)11(16)9-5-8(13)12(14)17-9/h2-5,11,16H,1H3. The summed E-state index contributed by atoms with van der Waals surface area (Å²) in [5.41, 5.74) is 1.71. The third-order valence-corrected chi connectivity index (χ3v) is 6.27. The monoisotopic (exact) mass is 394 g/mol. The second-order valence-corrected chi connectivity index (χ2v) is 7.29. The molecule has 0 fully saturated rings. The average Bonchev–Trinajstić information content (AvgIpc) is 2.62. The molecular weight excluding hydrogens is 387 g/mol. The Balaban J connectivity index is 2.43. The minimum atomic E-state index is -0.685. The normalized spacial score (nSPS) is 12.8. The van der Waals surface area contributed by atoms with E-state index in [0.717, 1.165) is 24.3 Å². The van der Waals surface area contributed by atoms with E-state index in [4.69, 9.17) is 11.6 Å². The molecule has 0 radical (unpaired) electrons. The number of halogens is 3. The topological polar surface area (TPSA) is 20.2 Å². The number of thiophene rings is 1. The van der Waals surface area contributed by atoms with Crippen LogP contribution in [0, 0.1) is 6.92 Å². The molecular formula is C12H9Br2ClOS. The second-order valence-electron chi connectivity index (χ2n) is 3.65. The largest absolute Gasteiger partial charge is 0.383 e. The van der Waals surface area contributed by atoms with Crippen molar-refractivity contribution in [1.82, 2.24) is 0 Å². The Labute approximate surface area is 126 Å². The zero-order valence-electron chi connectivity index (χ0n) is 8.88. The van der Waals surface area contributed by atoms with Gasteiger partial charge in [0.15, 0.2) is 0 Å². The molecule has 1 heterocycles. The highest BCUT2D eigenvalue weighted by molar-refractivity contribution is 9.13. The van der Waals surface area contributed by atoms with Crippen molar-refractivity contribution in [3.63, 3.8) is 0 Å². The van der Waals surface area contributed by atoms with E-state index in [1.807, 2.05) is 31.2 Å². The van der Waals surface area contributed by atoms with Crippen LogP contribution in [0.2, 0.25) is 5.02 Å². The molecule has 1 unspecified atom stereocenters. The molecule has 0 spiro atoms. The molecule has 0 saturated heterocycles. The zero-order chi connectivity index (χ0) is 12.6. The Bertz CT molecular complexity index is 534. The number of aliphatic hydroxyl groups excluding tert-OH is 1. The van der Waals surface area contributed by atoms with Crippen LogP contribution < -0.4 is 0 Å². The lowest BCUT2D eigenvalue weighted by Gasteiger charge is -2.12. The third-order valence-electron chi connectivity index (χ3n) is 2.45. The highest BCUT2D eigenvalue weighted by Gasteiger charge is 2.18. The van der Waals surface area contributed by atoms with E-state index in [0.29, 0.717) is 5.02 Å². The predicted molar refractivity (Wildman–Crippen MR) is 80.0 cm³/mol. The average molecular weight is 397 g/mol. The lowest BCUT2D eigenvalue weighted by molar-refractivity contribution is 0.224. The predicted octanol–water partition coefficient (Wildman–Crippen LogP) is 5.32. The van der Waals surface area contributed by atoms with Crippen LogP contribution in [0.4, 0.5) is 0 Å². The van der Waals surface area contributed by atoms with Crippen molar-refractivity contribution in [2.75, 3.05) is 0 Å². The highest BCUT2D eigenvalue weighted by Crippen LogP contribution is 2.39. The van der Waals surface area contributed by atoms with E-state index in [-0.39, 0.29) is 0 Å². The molecule has 5 heteroatoms. The summed E-state index contributed by atoms with van der Waals surface area (Å²) in [6.45, 7) is 1.93. The van der Waals surface area contributed by atoms with Crippen molar-refractivity contribution in [3.05, 3.63) is 53.6 Å². The molecule has 2 rings (SSSR count). The molecule has 0 aliphatic rings. The summed E-state index contributed by atoms with van der Waals surface area (Å²) in [6, 6.07) is 7.58. The van der Waals surface area contributed by atoms with Crippen LogP contribution >= 0.6 is 54.8 Å². The molecule has 1 nitrogen and oxygen atoms in total. The minimum Gasteiger partial charge on any atom is -0.383 e. The van der Waals surface area contributed by atoms with Crippen LogP contribution in [0.15, 0.2) is 32.5 Å². The fraction of sp³-hybridized carbons (Fsp3) is 0.167. The van der Waals surface area contributed by atoms with Crippen LogP contribution in [-0.2, 0) is 0 Å². The van der Waals surface area contributed by atoms with Crippen LogP contribution in [0.1, 0.15) is 22.1 Å². The van der Waals surface area contributed by atoms with E-state index in [9.17, 15) is 5.11 Å². The Morgan fingerprint density at radius 2 is 2.06 bits per heavy atom. The van der Waals surface area contributed by atoms with Gasteiger partial charge in [0.25, 0.3) is 0 Å². The summed E-state index contributed by atoms with van der Waals surface area (Å²) in [5, 5.41) is 10.9.